The Bertz CT molecular complexity index is 484. The molecule has 0 amide bonds. The lowest BCUT2D eigenvalue weighted by molar-refractivity contribution is -0.142. The molecule has 1 aromatic carbocycles. The fourth-order valence-electron chi connectivity index (χ4n) is 2.74. The Morgan fingerprint density at radius 1 is 1.38 bits per heavy atom. The van der Waals surface area contributed by atoms with E-state index in [0.717, 1.165) is 30.8 Å². The number of nitrogens with zero attached hydrogens (tertiary/aromatic N) is 1. The topological polar surface area (TPSA) is 75.8 Å². The lowest BCUT2D eigenvalue weighted by Gasteiger charge is -2.26. The lowest BCUT2D eigenvalue weighted by Crippen LogP contribution is -2.33. The predicted octanol–water partition coefficient (Wildman–Crippen LogP) is 1.42. The molecule has 5 heteroatoms. The van der Waals surface area contributed by atoms with Crippen molar-refractivity contribution in [2.75, 3.05) is 20.2 Å². The minimum absolute atomic E-state index is 0.302. The minimum Gasteiger partial charge on any atom is -0.508 e. The average Bonchev–Trinajstić information content (AvgIpc) is 2.50. The van der Waals surface area contributed by atoms with Gasteiger partial charge in [0.15, 0.2) is 0 Å². The number of carbonyl (C=O) groups excluding carboxylic acids is 1. The molecule has 0 saturated carbocycles. The first kappa shape index (κ1) is 15.8. The highest BCUT2D eigenvalue weighted by atomic mass is 16.5. The first-order chi connectivity index (χ1) is 10.1. The van der Waals surface area contributed by atoms with Crippen LogP contribution in [0.5, 0.6) is 5.75 Å². The van der Waals surface area contributed by atoms with Crippen molar-refractivity contribution in [2.24, 2.45) is 5.73 Å². The maximum absolute atomic E-state index is 11.4. The molecule has 116 valence electrons. The molecule has 1 fully saturated rings. The van der Waals surface area contributed by atoms with E-state index in [0.29, 0.717) is 12.2 Å². The van der Waals surface area contributed by atoms with Gasteiger partial charge in [-0.05, 0) is 44.0 Å². The smallest absolute Gasteiger partial charge is 0.322 e. The lowest BCUT2D eigenvalue weighted by atomic mass is 10.0. The van der Waals surface area contributed by atoms with Crippen LogP contribution in [-0.4, -0.2) is 42.2 Å². The van der Waals surface area contributed by atoms with Crippen molar-refractivity contribution in [2.45, 2.75) is 38.3 Å². The van der Waals surface area contributed by atoms with Crippen molar-refractivity contribution in [3.63, 3.8) is 0 Å². The highest BCUT2D eigenvalue weighted by molar-refractivity contribution is 5.75. The molecule has 0 aromatic heterocycles. The van der Waals surface area contributed by atoms with Crippen LogP contribution in [0, 0.1) is 0 Å². The van der Waals surface area contributed by atoms with Crippen LogP contribution in [0.25, 0.3) is 0 Å². The number of esters is 1. The third-order valence-corrected chi connectivity index (χ3v) is 3.95. The number of piperidine rings is 1. The number of rotatable bonds is 5. The zero-order chi connectivity index (χ0) is 15.2. The maximum Gasteiger partial charge on any atom is 0.322 e. The first-order valence-electron chi connectivity index (χ1n) is 7.46. The van der Waals surface area contributed by atoms with Crippen LogP contribution in [-0.2, 0) is 22.5 Å². The molecule has 5 nitrogen and oxygen atoms in total. The molecular formula is C16H24N2O3. The minimum atomic E-state index is -0.664. The van der Waals surface area contributed by atoms with E-state index in [1.165, 1.54) is 26.4 Å². The molecule has 1 aliphatic rings. The molecular weight excluding hydrogens is 268 g/mol. The Morgan fingerprint density at radius 2 is 2.10 bits per heavy atom. The molecule has 0 bridgehead atoms. The van der Waals surface area contributed by atoms with Crippen molar-refractivity contribution < 1.29 is 14.6 Å². The van der Waals surface area contributed by atoms with Gasteiger partial charge in [-0.25, -0.2) is 0 Å². The Labute approximate surface area is 125 Å². The molecule has 1 saturated heterocycles. The van der Waals surface area contributed by atoms with E-state index in [9.17, 15) is 9.90 Å². The number of phenolic OH excluding ortho intramolecular Hbond substituents is 1. The third kappa shape index (κ3) is 4.44. The summed E-state index contributed by atoms with van der Waals surface area (Å²) >= 11 is 0. The molecule has 1 atom stereocenters. The first-order valence-corrected chi connectivity index (χ1v) is 7.46. The number of hydrogen-bond acceptors (Lipinski definition) is 5. The number of ether oxygens (including phenoxy) is 1. The summed E-state index contributed by atoms with van der Waals surface area (Å²) in [5.41, 5.74) is 7.62. The van der Waals surface area contributed by atoms with Gasteiger partial charge in [-0.1, -0.05) is 18.6 Å². The largest absolute Gasteiger partial charge is 0.508 e. The van der Waals surface area contributed by atoms with E-state index >= 15 is 0 Å². The molecule has 21 heavy (non-hydrogen) atoms. The second kappa shape index (κ2) is 7.43. The van der Waals surface area contributed by atoms with Gasteiger partial charge >= 0.3 is 5.97 Å². The van der Waals surface area contributed by atoms with Crippen molar-refractivity contribution in [1.29, 1.82) is 0 Å². The van der Waals surface area contributed by atoms with Gasteiger partial charge in [0.05, 0.1) is 7.11 Å². The van der Waals surface area contributed by atoms with Crippen molar-refractivity contribution in [3.8, 4) is 5.75 Å². The quantitative estimate of drug-likeness (QED) is 0.803. The second-order valence-corrected chi connectivity index (χ2v) is 5.63. The van der Waals surface area contributed by atoms with Gasteiger partial charge in [0, 0.05) is 12.1 Å². The van der Waals surface area contributed by atoms with Gasteiger partial charge in [-0.3, -0.25) is 9.69 Å². The van der Waals surface area contributed by atoms with Gasteiger partial charge in [0.1, 0.15) is 11.8 Å². The van der Waals surface area contributed by atoms with Gasteiger partial charge in [-0.2, -0.15) is 0 Å². The zero-order valence-corrected chi connectivity index (χ0v) is 12.5. The fourth-order valence-corrected chi connectivity index (χ4v) is 2.74. The number of methoxy groups -OCH3 is 1. The molecule has 0 radical (unpaired) electrons. The summed E-state index contributed by atoms with van der Waals surface area (Å²) in [6.45, 7) is 2.89. The monoisotopic (exact) mass is 292 g/mol. The molecule has 1 aromatic rings. The number of aromatic hydroxyl groups is 1. The molecule has 1 unspecified atom stereocenters. The van der Waals surface area contributed by atoms with Crippen LogP contribution in [0.1, 0.15) is 30.4 Å². The predicted molar refractivity (Wildman–Crippen MR) is 80.9 cm³/mol. The summed E-state index contributed by atoms with van der Waals surface area (Å²) in [5.74, 6) is -0.114. The van der Waals surface area contributed by atoms with E-state index in [1.54, 1.807) is 12.1 Å². The van der Waals surface area contributed by atoms with E-state index in [4.69, 9.17) is 5.73 Å². The van der Waals surface area contributed by atoms with Crippen LogP contribution < -0.4 is 5.73 Å². The van der Waals surface area contributed by atoms with Gasteiger partial charge in [0.25, 0.3) is 0 Å². The molecule has 1 aliphatic heterocycles. The normalized spacial score (nSPS) is 17.4. The summed E-state index contributed by atoms with van der Waals surface area (Å²) in [7, 11) is 1.33. The van der Waals surface area contributed by atoms with Crippen molar-refractivity contribution >= 4 is 5.97 Å². The summed E-state index contributed by atoms with van der Waals surface area (Å²) in [5, 5.41) is 10.0. The molecule has 2 rings (SSSR count). The molecule has 0 aliphatic carbocycles. The fraction of sp³-hybridized carbons (Fsp3) is 0.562. The Morgan fingerprint density at radius 3 is 2.76 bits per heavy atom. The van der Waals surface area contributed by atoms with Crippen LogP contribution in [0.2, 0.25) is 0 Å². The third-order valence-electron chi connectivity index (χ3n) is 3.95. The Hall–Kier alpha value is -1.59. The van der Waals surface area contributed by atoms with Crippen LogP contribution >= 0.6 is 0 Å². The average molecular weight is 292 g/mol. The van der Waals surface area contributed by atoms with Gasteiger partial charge in [-0.15, -0.1) is 0 Å². The van der Waals surface area contributed by atoms with E-state index in [1.807, 2.05) is 6.07 Å². The van der Waals surface area contributed by atoms with E-state index in [-0.39, 0.29) is 0 Å². The van der Waals surface area contributed by atoms with Gasteiger partial charge in [0.2, 0.25) is 0 Å². The molecule has 3 N–H and O–H groups in total. The zero-order valence-electron chi connectivity index (χ0n) is 12.5. The van der Waals surface area contributed by atoms with Crippen molar-refractivity contribution in [3.05, 3.63) is 29.3 Å². The number of nitrogens with two attached hydrogens (primary N) is 1. The number of hydrogen-bond donors (Lipinski definition) is 2. The highest BCUT2D eigenvalue weighted by Crippen LogP contribution is 2.22. The highest BCUT2D eigenvalue weighted by Gasteiger charge is 2.16. The number of likely N-dealkylation sites (tertiary alicyclic amines) is 1. The van der Waals surface area contributed by atoms with Crippen molar-refractivity contribution in [1.82, 2.24) is 4.90 Å². The molecule has 0 spiro atoms. The Balaban J connectivity index is 2.04. The van der Waals surface area contributed by atoms with E-state index in [2.05, 4.69) is 9.64 Å². The van der Waals surface area contributed by atoms with Crippen LogP contribution in [0.15, 0.2) is 18.2 Å². The maximum atomic E-state index is 11.4. The standard InChI is InChI=1S/C16H24N2O3/c1-21-16(20)14(17)10-12-5-6-15(19)13(9-12)11-18-7-3-2-4-8-18/h5-6,9,14,19H,2-4,7-8,10-11,17H2,1H3. The number of benzene rings is 1. The van der Waals surface area contributed by atoms with Gasteiger partial charge < -0.3 is 15.6 Å². The summed E-state index contributed by atoms with van der Waals surface area (Å²) < 4.78 is 4.64. The SMILES string of the molecule is COC(=O)C(N)Cc1ccc(O)c(CN2CCCCC2)c1. The number of phenols is 1. The second-order valence-electron chi connectivity index (χ2n) is 5.63. The summed E-state index contributed by atoms with van der Waals surface area (Å²) in [4.78, 5) is 13.7. The number of carbonyl (C=O) groups is 1. The van der Waals surface area contributed by atoms with Crippen LogP contribution in [0.4, 0.5) is 0 Å². The van der Waals surface area contributed by atoms with Crippen LogP contribution in [0.3, 0.4) is 0 Å². The summed E-state index contributed by atoms with van der Waals surface area (Å²) in [6.07, 6.45) is 4.14. The summed E-state index contributed by atoms with van der Waals surface area (Å²) in [6, 6.07) is 4.76. The Kier molecular flexibility index (Phi) is 5.59. The molecule has 1 heterocycles. The van der Waals surface area contributed by atoms with E-state index < -0.39 is 12.0 Å².